The molecular weight excluding hydrogens is 264 g/mol. The summed E-state index contributed by atoms with van der Waals surface area (Å²) in [5.41, 5.74) is 2.26. The molecule has 4 heteroatoms. The monoisotopic (exact) mass is 294 g/mol. The van der Waals surface area contributed by atoms with Crippen LogP contribution in [0.2, 0.25) is 0 Å². The number of rotatable bonds is 11. The lowest BCUT2D eigenvalue weighted by Crippen LogP contribution is -2.25. The predicted molar refractivity (Wildman–Crippen MR) is 90.2 cm³/mol. The second kappa shape index (κ2) is 10.5. The van der Waals surface area contributed by atoms with E-state index in [9.17, 15) is 5.11 Å². The van der Waals surface area contributed by atoms with Crippen molar-refractivity contribution < 1.29 is 9.84 Å². The molecule has 0 heterocycles. The predicted octanol–water partition coefficient (Wildman–Crippen LogP) is 3.12. The Labute approximate surface area is 129 Å². The van der Waals surface area contributed by atoms with Crippen molar-refractivity contribution in [2.75, 3.05) is 43.1 Å². The second-order valence-corrected chi connectivity index (χ2v) is 5.18. The minimum absolute atomic E-state index is 0.393. The van der Waals surface area contributed by atoms with E-state index in [1.54, 1.807) is 0 Å². The maximum atomic E-state index is 9.83. The normalized spacial score (nSPS) is 12.2. The van der Waals surface area contributed by atoms with E-state index in [2.05, 4.69) is 55.3 Å². The molecule has 0 radical (unpaired) electrons. The van der Waals surface area contributed by atoms with Crippen molar-refractivity contribution in [1.29, 1.82) is 0 Å². The number of aliphatic hydroxyl groups excluding tert-OH is 1. The molecule has 1 aromatic rings. The third kappa shape index (κ3) is 6.82. The zero-order valence-corrected chi connectivity index (χ0v) is 13.6. The summed E-state index contributed by atoms with van der Waals surface area (Å²) in [5, 5.41) is 13.1. The largest absolute Gasteiger partial charge is 0.389 e. The highest BCUT2D eigenvalue weighted by Gasteiger charge is 2.05. The molecule has 0 amide bonds. The van der Waals surface area contributed by atoms with E-state index in [4.69, 9.17) is 4.74 Å². The topological polar surface area (TPSA) is 44.7 Å². The summed E-state index contributed by atoms with van der Waals surface area (Å²) in [6.07, 6.45) is 1.70. The molecule has 0 aromatic heterocycles. The Morgan fingerprint density at radius 1 is 1.14 bits per heavy atom. The van der Waals surface area contributed by atoms with E-state index < -0.39 is 6.10 Å². The molecule has 0 saturated carbocycles. The van der Waals surface area contributed by atoms with Crippen LogP contribution in [0, 0.1) is 0 Å². The molecule has 1 aromatic carbocycles. The maximum absolute atomic E-state index is 9.83. The molecule has 0 aliphatic heterocycles. The quantitative estimate of drug-likeness (QED) is 0.616. The van der Waals surface area contributed by atoms with Crippen LogP contribution in [-0.4, -0.2) is 44.1 Å². The van der Waals surface area contributed by atoms with Gasteiger partial charge in [0.15, 0.2) is 0 Å². The van der Waals surface area contributed by atoms with Crippen molar-refractivity contribution in [2.45, 2.75) is 39.7 Å². The third-order valence-corrected chi connectivity index (χ3v) is 3.49. The molecule has 21 heavy (non-hydrogen) atoms. The lowest BCUT2D eigenvalue weighted by atomic mass is 10.2. The lowest BCUT2D eigenvalue weighted by Gasteiger charge is -2.21. The van der Waals surface area contributed by atoms with Gasteiger partial charge in [-0.1, -0.05) is 13.3 Å². The number of hydrogen-bond acceptors (Lipinski definition) is 4. The summed E-state index contributed by atoms with van der Waals surface area (Å²) in [6.45, 7) is 10.1. The van der Waals surface area contributed by atoms with Crippen molar-refractivity contribution in [3.8, 4) is 0 Å². The molecule has 0 aliphatic carbocycles. The first-order valence-electron chi connectivity index (χ1n) is 8.05. The maximum Gasteiger partial charge on any atom is 0.0945 e. The number of benzene rings is 1. The highest BCUT2D eigenvalue weighted by atomic mass is 16.5. The Bertz CT molecular complexity index is 364. The minimum Gasteiger partial charge on any atom is -0.389 e. The van der Waals surface area contributed by atoms with Crippen molar-refractivity contribution in [3.63, 3.8) is 0 Å². The fraction of sp³-hybridized carbons (Fsp3) is 0.647. The Morgan fingerprint density at radius 3 is 2.38 bits per heavy atom. The van der Waals surface area contributed by atoms with E-state index in [1.807, 2.05) is 0 Å². The van der Waals surface area contributed by atoms with Crippen LogP contribution in [0.3, 0.4) is 0 Å². The van der Waals surface area contributed by atoms with Crippen LogP contribution in [0.5, 0.6) is 0 Å². The van der Waals surface area contributed by atoms with Crippen LogP contribution in [0.1, 0.15) is 33.6 Å². The Morgan fingerprint density at radius 2 is 1.81 bits per heavy atom. The summed E-state index contributed by atoms with van der Waals surface area (Å²) >= 11 is 0. The molecule has 1 unspecified atom stereocenters. The van der Waals surface area contributed by atoms with Gasteiger partial charge in [-0.25, -0.2) is 0 Å². The van der Waals surface area contributed by atoms with E-state index in [0.29, 0.717) is 13.2 Å². The van der Waals surface area contributed by atoms with Crippen LogP contribution in [-0.2, 0) is 4.74 Å². The van der Waals surface area contributed by atoms with E-state index >= 15 is 0 Å². The van der Waals surface area contributed by atoms with Gasteiger partial charge < -0.3 is 20.1 Å². The number of unbranched alkanes of at least 4 members (excludes halogenated alkanes) is 1. The number of nitrogens with one attached hydrogen (secondary N) is 1. The first-order valence-corrected chi connectivity index (χ1v) is 8.05. The molecule has 0 spiro atoms. The Hall–Kier alpha value is -1.26. The average Bonchev–Trinajstić information content (AvgIpc) is 2.52. The van der Waals surface area contributed by atoms with Crippen LogP contribution in [0.25, 0.3) is 0 Å². The molecule has 0 saturated heterocycles. The number of ether oxygens (including phenoxy) is 1. The molecular formula is C17H30N2O2. The minimum atomic E-state index is -0.468. The van der Waals surface area contributed by atoms with Crippen molar-refractivity contribution in [3.05, 3.63) is 24.3 Å². The first-order chi connectivity index (χ1) is 10.2. The number of nitrogens with zero attached hydrogens (tertiary/aromatic N) is 1. The molecule has 120 valence electrons. The fourth-order valence-corrected chi connectivity index (χ4v) is 2.14. The van der Waals surface area contributed by atoms with Gasteiger partial charge in [-0.3, -0.25) is 0 Å². The number of anilines is 2. The van der Waals surface area contributed by atoms with Gasteiger partial charge in [0.05, 0.1) is 12.7 Å². The van der Waals surface area contributed by atoms with E-state index in [1.165, 1.54) is 5.69 Å². The van der Waals surface area contributed by atoms with Gasteiger partial charge in [-0.05, 0) is 44.5 Å². The van der Waals surface area contributed by atoms with Gasteiger partial charge in [-0.2, -0.15) is 0 Å². The molecule has 0 aliphatic rings. The Balaban J connectivity index is 2.32. The zero-order valence-electron chi connectivity index (χ0n) is 13.6. The SMILES string of the molecule is CCCCOCC(O)CNc1ccc(N(CC)CC)cc1. The molecule has 4 nitrogen and oxygen atoms in total. The highest BCUT2D eigenvalue weighted by molar-refractivity contribution is 5.55. The summed E-state index contributed by atoms with van der Waals surface area (Å²) in [4.78, 5) is 2.31. The molecule has 1 atom stereocenters. The van der Waals surface area contributed by atoms with Gasteiger partial charge in [0.1, 0.15) is 0 Å². The van der Waals surface area contributed by atoms with E-state index in [0.717, 1.165) is 38.2 Å². The van der Waals surface area contributed by atoms with Crippen LogP contribution in [0.15, 0.2) is 24.3 Å². The van der Waals surface area contributed by atoms with Crippen molar-refractivity contribution in [2.24, 2.45) is 0 Å². The summed E-state index contributed by atoms with van der Waals surface area (Å²) < 4.78 is 5.41. The average molecular weight is 294 g/mol. The summed E-state index contributed by atoms with van der Waals surface area (Å²) in [6, 6.07) is 8.33. The number of hydrogen-bond donors (Lipinski definition) is 2. The van der Waals surface area contributed by atoms with Gasteiger partial charge in [0.25, 0.3) is 0 Å². The van der Waals surface area contributed by atoms with E-state index in [-0.39, 0.29) is 0 Å². The molecule has 0 bridgehead atoms. The van der Waals surface area contributed by atoms with Gasteiger partial charge in [-0.15, -0.1) is 0 Å². The lowest BCUT2D eigenvalue weighted by molar-refractivity contribution is 0.0422. The number of aliphatic hydroxyl groups is 1. The highest BCUT2D eigenvalue weighted by Crippen LogP contribution is 2.17. The summed E-state index contributed by atoms with van der Waals surface area (Å²) in [7, 11) is 0. The summed E-state index contributed by atoms with van der Waals surface area (Å²) in [5.74, 6) is 0. The molecule has 0 fully saturated rings. The third-order valence-electron chi connectivity index (χ3n) is 3.49. The van der Waals surface area contributed by atoms with Gasteiger partial charge >= 0.3 is 0 Å². The van der Waals surface area contributed by atoms with Crippen LogP contribution < -0.4 is 10.2 Å². The Kier molecular flexibility index (Phi) is 8.87. The van der Waals surface area contributed by atoms with Gasteiger partial charge in [0, 0.05) is 37.6 Å². The standard InChI is InChI=1S/C17H30N2O2/c1-4-7-12-21-14-17(20)13-18-15-8-10-16(11-9-15)19(5-2)6-3/h8-11,17-18,20H,4-7,12-14H2,1-3H3. The van der Waals surface area contributed by atoms with Crippen LogP contribution >= 0.6 is 0 Å². The second-order valence-electron chi connectivity index (χ2n) is 5.18. The van der Waals surface area contributed by atoms with Crippen LogP contribution in [0.4, 0.5) is 11.4 Å². The van der Waals surface area contributed by atoms with Crippen molar-refractivity contribution in [1.82, 2.24) is 0 Å². The fourth-order valence-electron chi connectivity index (χ4n) is 2.14. The molecule has 2 N–H and O–H groups in total. The van der Waals surface area contributed by atoms with Gasteiger partial charge in [0.2, 0.25) is 0 Å². The van der Waals surface area contributed by atoms with Crippen molar-refractivity contribution >= 4 is 11.4 Å². The smallest absolute Gasteiger partial charge is 0.0945 e. The molecule has 1 rings (SSSR count). The zero-order chi connectivity index (χ0) is 15.5. The first kappa shape index (κ1) is 17.8.